The molecule has 0 amide bonds. The summed E-state index contributed by atoms with van der Waals surface area (Å²) in [6.45, 7) is 5.61. The number of hydrogen-bond donors (Lipinski definition) is 2. The molecule has 0 spiro atoms. The van der Waals surface area contributed by atoms with Crippen molar-refractivity contribution in [2.24, 2.45) is 5.84 Å². The standard InChI is InChI=1S/C12H23ClN4O/c1-4-10-12(13)11(17(5-2)16-10)8-9(15-14)6-7-18-3/h9,15H,4-8,14H2,1-3H3. The fourth-order valence-electron chi connectivity index (χ4n) is 1.95. The number of hydrogen-bond acceptors (Lipinski definition) is 4. The summed E-state index contributed by atoms with van der Waals surface area (Å²) in [4.78, 5) is 0. The molecule has 18 heavy (non-hydrogen) atoms. The number of rotatable bonds is 8. The van der Waals surface area contributed by atoms with Gasteiger partial charge in [-0.05, 0) is 19.8 Å². The maximum absolute atomic E-state index is 6.36. The van der Waals surface area contributed by atoms with Gasteiger partial charge in [-0.3, -0.25) is 16.0 Å². The van der Waals surface area contributed by atoms with Crippen molar-refractivity contribution < 1.29 is 4.74 Å². The van der Waals surface area contributed by atoms with Gasteiger partial charge < -0.3 is 4.74 Å². The molecule has 0 aliphatic carbocycles. The summed E-state index contributed by atoms with van der Waals surface area (Å²) in [6.07, 6.45) is 2.46. The van der Waals surface area contributed by atoms with E-state index in [1.54, 1.807) is 7.11 Å². The first-order chi connectivity index (χ1) is 8.67. The van der Waals surface area contributed by atoms with Gasteiger partial charge in [0.15, 0.2) is 0 Å². The van der Waals surface area contributed by atoms with E-state index in [2.05, 4.69) is 24.4 Å². The third kappa shape index (κ3) is 3.68. The number of hydrazine groups is 1. The molecule has 0 bridgehead atoms. The Kier molecular flexibility index (Phi) is 6.63. The van der Waals surface area contributed by atoms with E-state index >= 15 is 0 Å². The highest BCUT2D eigenvalue weighted by molar-refractivity contribution is 6.31. The van der Waals surface area contributed by atoms with Crippen molar-refractivity contribution in [3.63, 3.8) is 0 Å². The molecule has 0 aliphatic rings. The van der Waals surface area contributed by atoms with Crippen LogP contribution in [0.5, 0.6) is 0 Å². The summed E-state index contributed by atoms with van der Waals surface area (Å²) in [6, 6.07) is 0.147. The van der Waals surface area contributed by atoms with E-state index in [-0.39, 0.29) is 6.04 Å². The summed E-state index contributed by atoms with van der Waals surface area (Å²) >= 11 is 6.36. The Bertz CT molecular complexity index is 367. The molecule has 3 N–H and O–H groups in total. The van der Waals surface area contributed by atoms with Gasteiger partial charge in [0.1, 0.15) is 0 Å². The lowest BCUT2D eigenvalue weighted by Crippen LogP contribution is -2.38. The molecule has 0 radical (unpaired) electrons. The molecular formula is C12H23ClN4O. The zero-order chi connectivity index (χ0) is 13.5. The van der Waals surface area contributed by atoms with Crippen LogP contribution >= 0.6 is 11.6 Å². The van der Waals surface area contributed by atoms with Crippen LogP contribution in [0, 0.1) is 0 Å². The Labute approximate surface area is 114 Å². The Morgan fingerprint density at radius 1 is 1.50 bits per heavy atom. The van der Waals surface area contributed by atoms with Gasteiger partial charge in [-0.15, -0.1) is 0 Å². The molecule has 0 saturated carbocycles. The summed E-state index contributed by atoms with van der Waals surface area (Å²) in [5, 5.41) is 5.27. The molecule has 5 nitrogen and oxygen atoms in total. The molecule has 1 atom stereocenters. The number of halogens is 1. The summed E-state index contributed by atoms with van der Waals surface area (Å²) < 4.78 is 7.03. The lowest BCUT2D eigenvalue weighted by atomic mass is 10.1. The monoisotopic (exact) mass is 274 g/mol. The van der Waals surface area contributed by atoms with Crippen LogP contribution in [0.4, 0.5) is 0 Å². The van der Waals surface area contributed by atoms with Crippen LogP contribution in [-0.4, -0.2) is 29.5 Å². The van der Waals surface area contributed by atoms with Crippen LogP contribution in [-0.2, 0) is 24.1 Å². The Hall–Kier alpha value is -0.620. The molecule has 1 heterocycles. The highest BCUT2D eigenvalue weighted by atomic mass is 35.5. The van der Waals surface area contributed by atoms with E-state index in [1.165, 1.54) is 0 Å². The van der Waals surface area contributed by atoms with Gasteiger partial charge in [-0.2, -0.15) is 5.10 Å². The summed E-state index contributed by atoms with van der Waals surface area (Å²) in [5.74, 6) is 5.56. The van der Waals surface area contributed by atoms with Crippen molar-refractivity contribution in [2.45, 2.75) is 45.7 Å². The third-order valence-electron chi connectivity index (χ3n) is 3.04. The second-order valence-corrected chi connectivity index (χ2v) is 4.60. The molecule has 0 fully saturated rings. The molecule has 1 aromatic heterocycles. The van der Waals surface area contributed by atoms with Crippen LogP contribution in [0.2, 0.25) is 5.02 Å². The number of ether oxygens (including phenoxy) is 1. The molecule has 0 aliphatic heterocycles. The molecule has 1 rings (SSSR count). The lowest BCUT2D eigenvalue weighted by molar-refractivity contribution is 0.182. The van der Waals surface area contributed by atoms with Gasteiger partial charge in [0.25, 0.3) is 0 Å². The molecule has 1 unspecified atom stereocenters. The maximum atomic E-state index is 6.36. The minimum absolute atomic E-state index is 0.147. The third-order valence-corrected chi connectivity index (χ3v) is 3.48. The second-order valence-electron chi connectivity index (χ2n) is 4.23. The molecular weight excluding hydrogens is 252 g/mol. The van der Waals surface area contributed by atoms with Crippen molar-refractivity contribution in [2.75, 3.05) is 13.7 Å². The van der Waals surface area contributed by atoms with Gasteiger partial charge in [-0.1, -0.05) is 18.5 Å². The van der Waals surface area contributed by atoms with Crippen molar-refractivity contribution >= 4 is 11.6 Å². The fraction of sp³-hybridized carbons (Fsp3) is 0.750. The Balaban J connectivity index is 2.83. The van der Waals surface area contributed by atoms with Crippen molar-refractivity contribution in [3.05, 3.63) is 16.4 Å². The highest BCUT2D eigenvalue weighted by Gasteiger charge is 2.18. The van der Waals surface area contributed by atoms with Gasteiger partial charge in [0.2, 0.25) is 0 Å². The van der Waals surface area contributed by atoms with Crippen LogP contribution in [0.15, 0.2) is 0 Å². The molecule has 0 aromatic carbocycles. The normalized spacial score (nSPS) is 12.9. The fourth-order valence-corrected chi connectivity index (χ4v) is 2.30. The van der Waals surface area contributed by atoms with Crippen molar-refractivity contribution in [1.82, 2.24) is 15.2 Å². The van der Waals surface area contributed by atoms with Crippen molar-refractivity contribution in [1.29, 1.82) is 0 Å². The van der Waals surface area contributed by atoms with E-state index < -0.39 is 0 Å². The van der Waals surface area contributed by atoms with Crippen LogP contribution < -0.4 is 11.3 Å². The van der Waals surface area contributed by atoms with Gasteiger partial charge in [0, 0.05) is 32.7 Å². The summed E-state index contributed by atoms with van der Waals surface area (Å²) in [7, 11) is 1.69. The Morgan fingerprint density at radius 3 is 2.72 bits per heavy atom. The van der Waals surface area contributed by atoms with E-state index in [1.807, 2.05) is 4.68 Å². The van der Waals surface area contributed by atoms with Crippen molar-refractivity contribution in [3.8, 4) is 0 Å². The number of aryl methyl sites for hydroxylation is 2. The molecule has 0 saturated heterocycles. The molecule has 1 aromatic rings. The average molecular weight is 275 g/mol. The van der Waals surface area contributed by atoms with Crippen LogP contribution in [0.3, 0.4) is 0 Å². The van der Waals surface area contributed by atoms with Gasteiger partial charge >= 0.3 is 0 Å². The van der Waals surface area contributed by atoms with E-state index in [0.29, 0.717) is 6.61 Å². The average Bonchev–Trinajstić information content (AvgIpc) is 2.70. The zero-order valence-electron chi connectivity index (χ0n) is 11.4. The van der Waals surface area contributed by atoms with E-state index in [0.717, 1.165) is 42.2 Å². The minimum Gasteiger partial charge on any atom is -0.385 e. The van der Waals surface area contributed by atoms with Gasteiger partial charge in [-0.25, -0.2) is 0 Å². The number of nitrogens with one attached hydrogen (secondary N) is 1. The topological polar surface area (TPSA) is 65.1 Å². The largest absolute Gasteiger partial charge is 0.385 e. The van der Waals surface area contributed by atoms with Crippen LogP contribution in [0.1, 0.15) is 31.7 Å². The predicted octanol–water partition coefficient (Wildman–Crippen LogP) is 1.53. The maximum Gasteiger partial charge on any atom is 0.0850 e. The number of nitrogens with two attached hydrogens (primary N) is 1. The zero-order valence-corrected chi connectivity index (χ0v) is 12.1. The van der Waals surface area contributed by atoms with E-state index in [4.69, 9.17) is 22.2 Å². The Morgan fingerprint density at radius 2 is 2.22 bits per heavy atom. The summed E-state index contributed by atoms with van der Waals surface area (Å²) in [5.41, 5.74) is 4.82. The minimum atomic E-state index is 0.147. The first-order valence-electron chi connectivity index (χ1n) is 6.36. The molecule has 6 heteroatoms. The van der Waals surface area contributed by atoms with E-state index in [9.17, 15) is 0 Å². The number of nitrogens with zero attached hydrogens (tertiary/aromatic N) is 2. The molecule has 104 valence electrons. The SMILES string of the molecule is CCc1nn(CC)c(CC(CCOC)NN)c1Cl. The quantitative estimate of drug-likeness (QED) is 0.557. The number of aromatic nitrogens is 2. The predicted molar refractivity (Wildman–Crippen MR) is 73.6 cm³/mol. The van der Waals surface area contributed by atoms with Crippen LogP contribution in [0.25, 0.3) is 0 Å². The first kappa shape index (κ1) is 15.4. The lowest BCUT2D eigenvalue weighted by Gasteiger charge is -2.16. The van der Waals surface area contributed by atoms with Gasteiger partial charge in [0.05, 0.1) is 16.4 Å². The highest BCUT2D eigenvalue weighted by Crippen LogP contribution is 2.23. The number of methoxy groups -OCH3 is 1. The second kappa shape index (κ2) is 7.74. The first-order valence-corrected chi connectivity index (χ1v) is 6.74. The smallest absolute Gasteiger partial charge is 0.0850 e.